The van der Waals surface area contributed by atoms with Crippen molar-refractivity contribution in [3.63, 3.8) is 0 Å². The van der Waals surface area contributed by atoms with E-state index < -0.39 is 0 Å². The van der Waals surface area contributed by atoms with Gasteiger partial charge in [-0.25, -0.2) is 4.39 Å². The molecule has 132 valence electrons. The molecule has 0 N–H and O–H groups in total. The Morgan fingerprint density at radius 1 is 1.12 bits per heavy atom. The molecule has 0 bridgehead atoms. The van der Waals surface area contributed by atoms with E-state index in [-0.39, 0.29) is 11.7 Å². The summed E-state index contributed by atoms with van der Waals surface area (Å²) in [6.07, 6.45) is 8.98. The highest BCUT2D eigenvalue weighted by Gasteiger charge is 2.28. The maximum Gasteiger partial charge on any atom is 0.225 e. The van der Waals surface area contributed by atoms with E-state index >= 15 is 0 Å². The van der Waals surface area contributed by atoms with Gasteiger partial charge in [-0.3, -0.25) is 4.79 Å². The molecular formula is C20H28FNO2. The molecule has 1 saturated heterocycles. The van der Waals surface area contributed by atoms with Crippen LogP contribution >= 0.6 is 0 Å². The highest BCUT2D eigenvalue weighted by molar-refractivity contribution is 5.79. The van der Waals surface area contributed by atoms with E-state index in [0.29, 0.717) is 24.2 Å². The van der Waals surface area contributed by atoms with Crippen molar-refractivity contribution in [1.29, 1.82) is 0 Å². The molecule has 1 aromatic rings. The summed E-state index contributed by atoms with van der Waals surface area (Å²) >= 11 is 0. The molecular weight excluding hydrogens is 305 g/mol. The molecule has 2 fully saturated rings. The molecule has 24 heavy (non-hydrogen) atoms. The van der Waals surface area contributed by atoms with Crippen LogP contribution in [0.15, 0.2) is 24.3 Å². The van der Waals surface area contributed by atoms with Gasteiger partial charge in [-0.1, -0.05) is 25.3 Å². The van der Waals surface area contributed by atoms with Crippen LogP contribution in [-0.2, 0) is 4.79 Å². The van der Waals surface area contributed by atoms with Crippen LogP contribution in [0.1, 0.15) is 51.4 Å². The number of likely N-dealkylation sites (tertiary alicyclic amines) is 1. The van der Waals surface area contributed by atoms with Gasteiger partial charge in [0.25, 0.3) is 0 Å². The van der Waals surface area contributed by atoms with Crippen LogP contribution in [-0.4, -0.2) is 30.5 Å². The molecule has 0 spiro atoms. The summed E-state index contributed by atoms with van der Waals surface area (Å²) in [5, 5.41) is 0. The number of benzene rings is 1. The third-order valence-corrected chi connectivity index (χ3v) is 5.47. The maximum absolute atomic E-state index is 13.1. The average molecular weight is 333 g/mol. The smallest absolute Gasteiger partial charge is 0.225 e. The first kappa shape index (κ1) is 17.2. The van der Waals surface area contributed by atoms with Gasteiger partial charge in [0, 0.05) is 25.1 Å². The molecule has 0 atom stereocenters. The van der Waals surface area contributed by atoms with Crippen molar-refractivity contribution in [2.24, 2.45) is 11.8 Å². The number of rotatable bonds is 5. The molecule has 1 aliphatic carbocycles. The summed E-state index contributed by atoms with van der Waals surface area (Å²) in [4.78, 5) is 14.6. The van der Waals surface area contributed by atoms with Gasteiger partial charge in [0.05, 0.1) is 6.61 Å². The standard InChI is InChI=1S/C20H28FNO2/c21-18-7-4-8-19(15-18)24-14-11-16-9-12-22(13-10-16)20(23)17-5-2-1-3-6-17/h4,7-8,15-17H,1-3,5-6,9-14H2. The Bertz CT molecular complexity index is 534. The summed E-state index contributed by atoms with van der Waals surface area (Å²) in [7, 11) is 0. The normalized spacial score (nSPS) is 20.1. The Labute approximate surface area is 144 Å². The fourth-order valence-corrected chi connectivity index (χ4v) is 3.95. The lowest BCUT2D eigenvalue weighted by molar-refractivity contribution is -0.138. The van der Waals surface area contributed by atoms with Crippen molar-refractivity contribution >= 4 is 5.91 Å². The maximum atomic E-state index is 13.1. The zero-order valence-electron chi connectivity index (χ0n) is 14.4. The quantitative estimate of drug-likeness (QED) is 0.798. The van der Waals surface area contributed by atoms with Crippen LogP contribution in [0.5, 0.6) is 5.75 Å². The third kappa shape index (κ3) is 4.71. The highest BCUT2D eigenvalue weighted by Crippen LogP contribution is 2.28. The molecule has 0 aromatic heterocycles. The Morgan fingerprint density at radius 2 is 1.88 bits per heavy atom. The first-order chi connectivity index (χ1) is 11.7. The average Bonchev–Trinajstić information content (AvgIpc) is 2.63. The third-order valence-electron chi connectivity index (χ3n) is 5.47. The van der Waals surface area contributed by atoms with E-state index in [2.05, 4.69) is 4.90 Å². The van der Waals surface area contributed by atoms with Crippen molar-refractivity contribution < 1.29 is 13.9 Å². The molecule has 1 amide bonds. The number of carbonyl (C=O) groups excluding carboxylic acids is 1. The summed E-state index contributed by atoms with van der Waals surface area (Å²) < 4.78 is 18.7. The lowest BCUT2D eigenvalue weighted by Crippen LogP contribution is -2.42. The molecule has 1 heterocycles. The Hall–Kier alpha value is -1.58. The Kier molecular flexibility index (Phi) is 6.11. The second-order valence-corrected chi connectivity index (χ2v) is 7.20. The number of piperidine rings is 1. The summed E-state index contributed by atoms with van der Waals surface area (Å²) in [6, 6.07) is 6.30. The summed E-state index contributed by atoms with van der Waals surface area (Å²) in [5.74, 6) is 1.62. The van der Waals surface area contributed by atoms with Gasteiger partial charge in [-0.15, -0.1) is 0 Å². The van der Waals surface area contributed by atoms with Gasteiger partial charge in [-0.05, 0) is 50.2 Å². The summed E-state index contributed by atoms with van der Waals surface area (Å²) in [5.41, 5.74) is 0. The summed E-state index contributed by atoms with van der Waals surface area (Å²) in [6.45, 7) is 2.39. The molecule has 2 aliphatic rings. The van der Waals surface area contributed by atoms with E-state index in [1.807, 2.05) is 0 Å². The van der Waals surface area contributed by atoms with Crippen LogP contribution in [0, 0.1) is 17.7 Å². The van der Waals surface area contributed by atoms with Crippen molar-refractivity contribution in [3.8, 4) is 5.75 Å². The van der Waals surface area contributed by atoms with Crippen molar-refractivity contribution in [2.45, 2.75) is 51.4 Å². The topological polar surface area (TPSA) is 29.5 Å². The zero-order valence-corrected chi connectivity index (χ0v) is 14.4. The van der Waals surface area contributed by atoms with Gasteiger partial charge in [-0.2, -0.15) is 0 Å². The van der Waals surface area contributed by atoms with Gasteiger partial charge in [0.15, 0.2) is 0 Å². The number of hydrogen-bond acceptors (Lipinski definition) is 2. The lowest BCUT2D eigenvalue weighted by Gasteiger charge is -2.35. The van der Waals surface area contributed by atoms with Gasteiger partial charge >= 0.3 is 0 Å². The van der Waals surface area contributed by atoms with E-state index in [1.165, 1.54) is 31.4 Å². The molecule has 4 heteroatoms. The minimum atomic E-state index is -0.262. The van der Waals surface area contributed by atoms with Crippen LogP contribution in [0.2, 0.25) is 0 Å². The first-order valence-electron chi connectivity index (χ1n) is 9.39. The molecule has 1 aliphatic heterocycles. The monoisotopic (exact) mass is 333 g/mol. The highest BCUT2D eigenvalue weighted by atomic mass is 19.1. The Balaban J connectivity index is 1.36. The minimum absolute atomic E-state index is 0.262. The second-order valence-electron chi connectivity index (χ2n) is 7.20. The number of ether oxygens (including phenoxy) is 1. The Morgan fingerprint density at radius 3 is 2.58 bits per heavy atom. The van der Waals surface area contributed by atoms with E-state index in [4.69, 9.17) is 4.74 Å². The minimum Gasteiger partial charge on any atom is -0.493 e. The van der Waals surface area contributed by atoms with Crippen LogP contribution < -0.4 is 4.74 Å². The molecule has 0 radical (unpaired) electrons. The van der Waals surface area contributed by atoms with Gasteiger partial charge in [0.2, 0.25) is 5.91 Å². The van der Waals surface area contributed by atoms with E-state index in [9.17, 15) is 9.18 Å². The molecule has 0 unspecified atom stereocenters. The van der Waals surface area contributed by atoms with Crippen LogP contribution in [0.4, 0.5) is 4.39 Å². The predicted octanol–water partition coefficient (Wildman–Crippen LogP) is 4.41. The number of nitrogens with zero attached hydrogens (tertiary/aromatic N) is 1. The largest absolute Gasteiger partial charge is 0.493 e. The number of amides is 1. The van der Waals surface area contributed by atoms with E-state index in [1.54, 1.807) is 12.1 Å². The first-order valence-corrected chi connectivity index (χ1v) is 9.39. The molecule has 3 nitrogen and oxygen atoms in total. The second kappa shape index (κ2) is 8.50. The SMILES string of the molecule is O=C(C1CCCCC1)N1CCC(CCOc2cccc(F)c2)CC1. The van der Waals surface area contributed by atoms with Crippen molar-refractivity contribution in [2.75, 3.05) is 19.7 Å². The van der Waals surface area contributed by atoms with E-state index in [0.717, 1.165) is 45.2 Å². The van der Waals surface area contributed by atoms with Crippen LogP contribution in [0.25, 0.3) is 0 Å². The number of halogens is 1. The molecule has 1 aromatic carbocycles. The number of hydrogen-bond donors (Lipinski definition) is 0. The van der Waals surface area contributed by atoms with Crippen molar-refractivity contribution in [3.05, 3.63) is 30.1 Å². The molecule has 3 rings (SSSR count). The van der Waals surface area contributed by atoms with Crippen LogP contribution in [0.3, 0.4) is 0 Å². The van der Waals surface area contributed by atoms with Gasteiger partial charge < -0.3 is 9.64 Å². The lowest BCUT2D eigenvalue weighted by atomic mass is 9.87. The fraction of sp³-hybridized carbons (Fsp3) is 0.650. The predicted molar refractivity (Wildman–Crippen MR) is 92.4 cm³/mol. The fourth-order valence-electron chi connectivity index (χ4n) is 3.95. The van der Waals surface area contributed by atoms with Gasteiger partial charge in [0.1, 0.15) is 11.6 Å². The number of carbonyl (C=O) groups is 1. The zero-order chi connectivity index (χ0) is 16.8. The molecule has 1 saturated carbocycles. The van der Waals surface area contributed by atoms with Crippen molar-refractivity contribution in [1.82, 2.24) is 4.90 Å².